The van der Waals surface area contributed by atoms with Crippen LogP contribution in [0.4, 0.5) is 5.82 Å². The van der Waals surface area contributed by atoms with Crippen molar-refractivity contribution in [3.8, 4) is 0 Å². The lowest BCUT2D eigenvalue weighted by Crippen LogP contribution is -2.22. The summed E-state index contributed by atoms with van der Waals surface area (Å²) in [4.78, 5) is 15.8. The van der Waals surface area contributed by atoms with Crippen molar-refractivity contribution < 1.29 is 9.53 Å². The summed E-state index contributed by atoms with van der Waals surface area (Å²) in [6, 6.07) is 3.44. The van der Waals surface area contributed by atoms with Crippen LogP contribution in [0.3, 0.4) is 0 Å². The summed E-state index contributed by atoms with van der Waals surface area (Å²) in [5.41, 5.74) is 6.16. The van der Waals surface area contributed by atoms with Gasteiger partial charge in [0.15, 0.2) is 5.78 Å². The quantitative estimate of drug-likeness (QED) is 0.789. The maximum Gasteiger partial charge on any atom is 0.169 e. The molecule has 1 aliphatic rings. The average molecular weight is 220 g/mol. The average Bonchev–Trinajstić information content (AvgIpc) is 2.31. The van der Waals surface area contributed by atoms with E-state index in [4.69, 9.17) is 10.5 Å². The molecular weight excluding hydrogens is 204 g/mol. The highest BCUT2D eigenvalue weighted by molar-refractivity contribution is 6.00. The Morgan fingerprint density at radius 1 is 1.56 bits per heavy atom. The minimum atomic E-state index is 0.0255. The van der Waals surface area contributed by atoms with E-state index < -0.39 is 0 Å². The van der Waals surface area contributed by atoms with Crippen LogP contribution in [0.5, 0.6) is 0 Å². The Morgan fingerprint density at radius 2 is 2.44 bits per heavy atom. The summed E-state index contributed by atoms with van der Waals surface area (Å²) < 4.78 is 5.53. The second kappa shape index (κ2) is 5.07. The van der Waals surface area contributed by atoms with E-state index >= 15 is 0 Å². The molecule has 4 nitrogen and oxygen atoms in total. The minimum absolute atomic E-state index is 0.0255. The van der Waals surface area contributed by atoms with E-state index in [-0.39, 0.29) is 11.9 Å². The Morgan fingerprint density at radius 3 is 3.12 bits per heavy atom. The van der Waals surface area contributed by atoms with Crippen LogP contribution in [0.25, 0.3) is 0 Å². The predicted molar refractivity (Wildman–Crippen MR) is 61.2 cm³/mol. The highest BCUT2D eigenvalue weighted by Gasteiger charge is 2.19. The van der Waals surface area contributed by atoms with Crippen molar-refractivity contribution >= 4 is 11.6 Å². The van der Waals surface area contributed by atoms with Crippen LogP contribution in [-0.4, -0.2) is 23.5 Å². The molecule has 1 aliphatic heterocycles. The van der Waals surface area contributed by atoms with Gasteiger partial charge in [-0.2, -0.15) is 0 Å². The zero-order valence-corrected chi connectivity index (χ0v) is 9.19. The molecule has 0 saturated carbocycles. The molecule has 0 spiro atoms. The molecule has 1 unspecified atom stereocenters. The third kappa shape index (κ3) is 2.58. The number of hydrogen-bond donors (Lipinski definition) is 1. The van der Waals surface area contributed by atoms with Crippen LogP contribution >= 0.6 is 0 Å². The molecule has 2 rings (SSSR count). The standard InChI is InChI=1S/C12H16N2O2/c13-12-10(5-3-6-14-12)11(15)8-9-4-1-2-7-16-9/h3,5-6,9H,1-2,4,7-8H2,(H2,13,14). The lowest BCUT2D eigenvalue weighted by molar-refractivity contribution is 0.0129. The zero-order valence-electron chi connectivity index (χ0n) is 9.19. The van der Waals surface area contributed by atoms with Gasteiger partial charge in [-0.05, 0) is 31.4 Å². The minimum Gasteiger partial charge on any atom is -0.383 e. The number of carbonyl (C=O) groups is 1. The van der Waals surface area contributed by atoms with Gasteiger partial charge in [0, 0.05) is 19.2 Å². The SMILES string of the molecule is Nc1ncccc1C(=O)CC1CCCCO1. The predicted octanol–water partition coefficient (Wildman–Crippen LogP) is 1.81. The Labute approximate surface area is 94.8 Å². The van der Waals surface area contributed by atoms with Crippen molar-refractivity contribution in [3.63, 3.8) is 0 Å². The smallest absolute Gasteiger partial charge is 0.169 e. The Kier molecular flexibility index (Phi) is 3.51. The second-order valence-electron chi connectivity index (χ2n) is 4.05. The third-order valence-electron chi connectivity index (χ3n) is 2.83. The number of rotatable bonds is 3. The van der Waals surface area contributed by atoms with Crippen molar-refractivity contribution in [2.24, 2.45) is 0 Å². The summed E-state index contributed by atoms with van der Waals surface area (Å²) in [5, 5.41) is 0. The van der Waals surface area contributed by atoms with Gasteiger partial charge >= 0.3 is 0 Å². The van der Waals surface area contributed by atoms with Gasteiger partial charge in [-0.3, -0.25) is 4.79 Å². The molecule has 2 N–H and O–H groups in total. The van der Waals surface area contributed by atoms with Crippen LogP contribution in [-0.2, 0) is 4.74 Å². The molecule has 1 fully saturated rings. The first-order valence-corrected chi connectivity index (χ1v) is 5.62. The van der Waals surface area contributed by atoms with Gasteiger partial charge in [0.25, 0.3) is 0 Å². The number of nitrogen functional groups attached to an aromatic ring is 1. The highest BCUT2D eigenvalue weighted by atomic mass is 16.5. The molecule has 16 heavy (non-hydrogen) atoms. The topological polar surface area (TPSA) is 65.2 Å². The van der Waals surface area contributed by atoms with Gasteiger partial charge < -0.3 is 10.5 Å². The molecule has 1 atom stereocenters. The number of nitrogens with two attached hydrogens (primary N) is 1. The molecule has 1 aromatic rings. The maximum absolute atomic E-state index is 11.9. The molecule has 2 heterocycles. The molecule has 0 radical (unpaired) electrons. The fourth-order valence-electron chi connectivity index (χ4n) is 1.94. The van der Waals surface area contributed by atoms with E-state index in [1.165, 1.54) is 0 Å². The largest absolute Gasteiger partial charge is 0.383 e. The second-order valence-corrected chi connectivity index (χ2v) is 4.05. The molecule has 1 saturated heterocycles. The fourth-order valence-corrected chi connectivity index (χ4v) is 1.94. The van der Waals surface area contributed by atoms with E-state index in [0.29, 0.717) is 17.8 Å². The first-order valence-electron chi connectivity index (χ1n) is 5.62. The summed E-state index contributed by atoms with van der Waals surface area (Å²) in [6.45, 7) is 0.764. The number of anilines is 1. The Balaban J connectivity index is 2.00. The molecule has 0 aliphatic carbocycles. The molecule has 0 bridgehead atoms. The number of hydrogen-bond acceptors (Lipinski definition) is 4. The van der Waals surface area contributed by atoms with Gasteiger partial charge in [0.1, 0.15) is 5.82 Å². The van der Waals surface area contributed by atoms with E-state index in [0.717, 1.165) is 25.9 Å². The monoisotopic (exact) mass is 220 g/mol. The number of pyridine rings is 1. The molecule has 1 aromatic heterocycles. The summed E-state index contributed by atoms with van der Waals surface area (Å²) >= 11 is 0. The van der Waals surface area contributed by atoms with Crippen molar-refractivity contribution in [2.45, 2.75) is 31.8 Å². The number of carbonyl (C=O) groups excluding carboxylic acids is 1. The molecule has 0 amide bonds. The first-order chi connectivity index (χ1) is 7.77. The molecule has 0 aromatic carbocycles. The van der Waals surface area contributed by atoms with Gasteiger partial charge in [0.2, 0.25) is 0 Å². The number of ether oxygens (including phenoxy) is 1. The van der Waals surface area contributed by atoms with E-state index in [2.05, 4.69) is 4.98 Å². The number of ketones is 1. The molecular formula is C12H16N2O2. The number of Topliss-reactive ketones (excluding diaryl/α,β-unsaturated/α-hetero) is 1. The molecule has 4 heteroatoms. The van der Waals surface area contributed by atoms with Crippen molar-refractivity contribution in [1.29, 1.82) is 0 Å². The van der Waals surface area contributed by atoms with Gasteiger partial charge in [-0.25, -0.2) is 4.98 Å². The van der Waals surface area contributed by atoms with Gasteiger partial charge in [-0.15, -0.1) is 0 Å². The van der Waals surface area contributed by atoms with Gasteiger partial charge in [0.05, 0.1) is 11.7 Å². The van der Waals surface area contributed by atoms with Crippen LogP contribution in [0.2, 0.25) is 0 Å². The normalized spacial score (nSPS) is 20.6. The zero-order chi connectivity index (χ0) is 11.4. The van der Waals surface area contributed by atoms with Crippen molar-refractivity contribution in [3.05, 3.63) is 23.9 Å². The third-order valence-corrected chi connectivity index (χ3v) is 2.83. The first kappa shape index (κ1) is 11.1. The molecule has 86 valence electrons. The fraction of sp³-hybridized carbons (Fsp3) is 0.500. The highest BCUT2D eigenvalue weighted by Crippen LogP contribution is 2.19. The van der Waals surface area contributed by atoms with Crippen molar-refractivity contribution in [2.75, 3.05) is 12.3 Å². The summed E-state index contributed by atoms with van der Waals surface area (Å²) in [7, 11) is 0. The van der Waals surface area contributed by atoms with E-state index in [1.54, 1.807) is 18.3 Å². The Hall–Kier alpha value is -1.42. The maximum atomic E-state index is 11.9. The number of aromatic nitrogens is 1. The van der Waals surface area contributed by atoms with Crippen LogP contribution in [0, 0.1) is 0 Å². The lowest BCUT2D eigenvalue weighted by atomic mass is 10.0. The van der Waals surface area contributed by atoms with E-state index in [9.17, 15) is 4.79 Å². The van der Waals surface area contributed by atoms with Gasteiger partial charge in [-0.1, -0.05) is 0 Å². The number of nitrogens with zero attached hydrogens (tertiary/aromatic N) is 1. The van der Waals surface area contributed by atoms with E-state index in [1.807, 2.05) is 0 Å². The summed E-state index contributed by atoms with van der Waals surface area (Å²) in [5.74, 6) is 0.334. The summed E-state index contributed by atoms with van der Waals surface area (Å²) in [6.07, 6.45) is 5.26. The van der Waals surface area contributed by atoms with Crippen LogP contribution < -0.4 is 5.73 Å². The van der Waals surface area contributed by atoms with Crippen LogP contribution in [0.15, 0.2) is 18.3 Å². The van der Waals surface area contributed by atoms with Crippen molar-refractivity contribution in [1.82, 2.24) is 4.98 Å². The Bertz CT molecular complexity index is 373. The van der Waals surface area contributed by atoms with Crippen LogP contribution in [0.1, 0.15) is 36.0 Å². The lowest BCUT2D eigenvalue weighted by Gasteiger charge is -2.21.